The van der Waals surface area contributed by atoms with E-state index in [0.717, 1.165) is 65.0 Å². The average Bonchev–Trinajstić information content (AvgIpc) is 3.43. The number of fused-ring (bicyclic) bond motifs is 2. The zero-order valence-electron chi connectivity index (χ0n) is 17.4. The lowest BCUT2D eigenvalue weighted by molar-refractivity contribution is 0.313. The molecule has 0 radical (unpaired) electrons. The van der Waals surface area contributed by atoms with Crippen molar-refractivity contribution in [2.24, 2.45) is 0 Å². The van der Waals surface area contributed by atoms with Crippen molar-refractivity contribution in [3.8, 4) is 22.3 Å². The molecule has 6 heterocycles. The summed E-state index contributed by atoms with van der Waals surface area (Å²) in [5, 5.41) is 5.66. The molecule has 154 valence electrons. The molecule has 7 heteroatoms. The van der Waals surface area contributed by atoms with Crippen LogP contribution in [0.2, 0.25) is 0 Å². The number of aromatic amines is 1. The summed E-state index contributed by atoms with van der Waals surface area (Å²) >= 11 is 0. The van der Waals surface area contributed by atoms with Crippen LogP contribution in [-0.4, -0.2) is 62.7 Å². The van der Waals surface area contributed by atoms with Crippen LogP contribution in [0.25, 0.3) is 38.8 Å². The zero-order valence-corrected chi connectivity index (χ0v) is 17.4. The van der Waals surface area contributed by atoms with Gasteiger partial charge in [0.05, 0.1) is 23.6 Å². The number of aromatic nitrogens is 5. The summed E-state index contributed by atoms with van der Waals surface area (Å²) in [5.74, 6) is 0. The van der Waals surface area contributed by atoms with E-state index >= 15 is 0 Å². The molecule has 1 saturated heterocycles. The first-order valence-corrected chi connectivity index (χ1v) is 10.5. The number of nitrogens with one attached hydrogen (secondary N) is 1. The summed E-state index contributed by atoms with van der Waals surface area (Å²) in [5.41, 5.74) is 7.58. The van der Waals surface area contributed by atoms with E-state index in [1.165, 1.54) is 5.69 Å². The van der Waals surface area contributed by atoms with Gasteiger partial charge in [0.15, 0.2) is 0 Å². The van der Waals surface area contributed by atoms with E-state index in [1.54, 1.807) is 6.20 Å². The molecular formula is C24H23N7. The van der Waals surface area contributed by atoms with Crippen molar-refractivity contribution >= 4 is 22.2 Å². The van der Waals surface area contributed by atoms with Gasteiger partial charge in [0, 0.05) is 73.0 Å². The van der Waals surface area contributed by atoms with Crippen LogP contribution in [0.1, 0.15) is 0 Å². The van der Waals surface area contributed by atoms with E-state index in [0.29, 0.717) is 0 Å². The number of H-pyrrole nitrogens is 1. The summed E-state index contributed by atoms with van der Waals surface area (Å²) in [6.45, 7) is 4.21. The van der Waals surface area contributed by atoms with Gasteiger partial charge >= 0.3 is 0 Å². The SMILES string of the molecule is CN1CCN(c2cnc3[nH]cc(-c4ccn5ncc(-c6cccnc6)c5c4)c3c2)CC1. The lowest BCUT2D eigenvalue weighted by Crippen LogP contribution is -2.44. The molecule has 5 aromatic heterocycles. The highest BCUT2D eigenvalue weighted by Gasteiger charge is 2.17. The van der Waals surface area contributed by atoms with Crippen LogP contribution in [0.3, 0.4) is 0 Å². The van der Waals surface area contributed by atoms with Gasteiger partial charge in [-0.2, -0.15) is 5.10 Å². The van der Waals surface area contributed by atoms with Gasteiger partial charge < -0.3 is 14.8 Å². The molecule has 6 rings (SSSR count). The summed E-state index contributed by atoms with van der Waals surface area (Å²) in [4.78, 5) is 17.1. The fraction of sp³-hybridized carbons (Fsp3) is 0.208. The van der Waals surface area contributed by atoms with Crippen molar-refractivity contribution in [3.05, 3.63) is 67.5 Å². The van der Waals surface area contributed by atoms with Gasteiger partial charge in [-0.05, 0) is 36.9 Å². The summed E-state index contributed by atoms with van der Waals surface area (Å²) in [6, 6.07) is 10.6. The van der Waals surface area contributed by atoms with E-state index in [-0.39, 0.29) is 0 Å². The maximum absolute atomic E-state index is 4.70. The molecule has 0 unspecified atom stereocenters. The number of pyridine rings is 3. The average molecular weight is 409 g/mol. The first-order chi connectivity index (χ1) is 15.3. The summed E-state index contributed by atoms with van der Waals surface area (Å²) in [7, 11) is 2.18. The highest BCUT2D eigenvalue weighted by atomic mass is 15.2. The van der Waals surface area contributed by atoms with Crippen molar-refractivity contribution in [1.82, 2.24) is 29.5 Å². The van der Waals surface area contributed by atoms with Crippen LogP contribution in [0, 0.1) is 0 Å². The number of piperazine rings is 1. The molecule has 0 amide bonds. The minimum Gasteiger partial charge on any atom is -0.368 e. The molecule has 1 aliphatic heterocycles. The van der Waals surface area contributed by atoms with E-state index < -0.39 is 0 Å². The van der Waals surface area contributed by atoms with Crippen LogP contribution in [0.5, 0.6) is 0 Å². The molecular weight excluding hydrogens is 386 g/mol. The Balaban J connectivity index is 1.43. The maximum Gasteiger partial charge on any atom is 0.138 e. The molecule has 1 fully saturated rings. The second-order valence-corrected chi connectivity index (χ2v) is 8.13. The second kappa shape index (κ2) is 7.21. The Morgan fingerprint density at radius 1 is 0.935 bits per heavy atom. The summed E-state index contributed by atoms with van der Waals surface area (Å²) in [6.07, 6.45) is 11.6. The fourth-order valence-electron chi connectivity index (χ4n) is 4.36. The Labute approximate surface area is 180 Å². The highest BCUT2D eigenvalue weighted by molar-refractivity contribution is 5.96. The van der Waals surface area contributed by atoms with Crippen LogP contribution < -0.4 is 4.90 Å². The van der Waals surface area contributed by atoms with Gasteiger partial charge in [-0.3, -0.25) is 4.98 Å². The third-order valence-electron chi connectivity index (χ3n) is 6.19. The van der Waals surface area contributed by atoms with Gasteiger partial charge in [-0.1, -0.05) is 6.07 Å². The minimum atomic E-state index is 0.911. The Hall–Kier alpha value is -3.71. The molecule has 0 spiro atoms. The first kappa shape index (κ1) is 18.1. The Morgan fingerprint density at radius 3 is 2.68 bits per heavy atom. The molecule has 0 aliphatic carbocycles. The van der Waals surface area contributed by atoms with E-state index in [9.17, 15) is 0 Å². The zero-order chi connectivity index (χ0) is 20.8. The number of hydrogen-bond donors (Lipinski definition) is 1. The number of nitrogens with zero attached hydrogens (tertiary/aromatic N) is 6. The van der Waals surface area contributed by atoms with Crippen molar-refractivity contribution in [2.45, 2.75) is 0 Å². The molecule has 5 aromatic rings. The van der Waals surface area contributed by atoms with E-state index in [1.807, 2.05) is 35.4 Å². The maximum atomic E-state index is 4.70. The quantitative estimate of drug-likeness (QED) is 0.492. The lowest BCUT2D eigenvalue weighted by atomic mass is 10.0. The number of anilines is 1. The Morgan fingerprint density at radius 2 is 1.84 bits per heavy atom. The van der Waals surface area contributed by atoms with Crippen LogP contribution in [0.15, 0.2) is 67.5 Å². The van der Waals surface area contributed by atoms with Crippen LogP contribution >= 0.6 is 0 Å². The van der Waals surface area contributed by atoms with Crippen molar-refractivity contribution in [1.29, 1.82) is 0 Å². The fourth-order valence-corrected chi connectivity index (χ4v) is 4.36. The number of likely N-dealkylation sites (N-methyl/N-ethyl adjacent to an activating group) is 1. The van der Waals surface area contributed by atoms with Gasteiger partial charge in [0.2, 0.25) is 0 Å². The van der Waals surface area contributed by atoms with Crippen LogP contribution in [-0.2, 0) is 0 Å². The normalized spacial score (nSPS) is 15.2. The first-order valence-electron chi connectivity index (χ1n) is 10.5. The molecule has 7 nitrogen and oxygen atoms in total. The standard InChI is InChI=1S/C24H23N7/c1-29-7-9-30(10-8-29)19-12-20-21(15-27-24(20)26-14-19)17-4-6-31-23(11-17)22(16-28-31)18-3-2-5-25-13-18/h2-6,11-16H,7-10H2,1H3,(H,26,27). The van der Waals surface area contributed by atoms with Gasteiger partial charge in [-0.25, -0.2) is 9.50 Å². The third-order valence-corrected chi connectivity index (χ3v) is 6.19. The molecule has 0 saturated carbocycles. The van der Waals surface area contributed by atoms with E-state index in [4.69, 9.17) is 4.98 Å². The second-order valence-electron chi connectivity index (χ2n) is 8.13. The number of hydrogen-bond acceptors (Lipinski definition) is 5. The van der Waals surface area contributed by atoms with E-state index in [2.05, 4.69) is 62.4 Å². The topological polar surface area (TPSA) is 65.3 Å². The predicted octanol–water partition coefficient (Wildman–Crippen LogP) is 3.69. The van der Waals surface area contributed by atoms with Crippen molar-refractivity contribution in [3.63, 3.8) is 0 Å². The Kier molecular flexibility index (Phi) is 4.21. The van der Waals surface area contributed by atoms with Crippen molar-refractivity contribution < 1.29 is 0 Å². The predicted molar refractivity (Wildman–Crippen MR) is 123 cm³/mol. The molecule has 1 aliphatic rings. The monoisotopic (exact) mass is 409 g/mol. The minimum absolute atomic E-state index is 0.911. The molecule has 1 N–H and O–H groups in total. The molecule has 0 atom stereocenters. The van der Waals surface area contributed by atoms with Gasteiger partial charge in [0.25, 0.3) is 0 Å². The third kappa shape index (κ3) is 3.14. The smallest absolute Gasteiger partial charge is 0.138 e. The molecule has 0 aromatic carbocycles. The van der Waals surface area contributed by atoms with Crippen molar-refractivity contribution in [2.75, 3.05) is 38.1 Å². The van der Waals surface area contributed by atoms with Crippen LogP contribution in [0.4, 0.5) is 5.69 Å². The van der Waals surface area contributed by atoms with Gasteiger partial charge in [-0.15, -0.1) is 0 Å². The lowest BCUT2D eigenvalue weighted by Gasteiger charge is -2.33. The van der Waals surface area contributed by atoms with Gasteiger partial charge in [0.1, 0.15) is 5.65 Å². The number of rotatable bonds is 3. The summed E-state index contributed by atoms with van der Waals surface area (Å²) < 4.78 is 1.91. The molecule has 0 bridgehead atoms. The Bertz CT molecular complexity index is 1360. The molecule has 31 heavy (non-hydrogen) atoms. The largest absolute Gasteiger partial charge is 0.368 e. The highest BCUT2D eigenvalue weighted by Crippen LogP contribution is 2.33.